The fourth-order valence-corrected chi connectivity index (χ4v) is 2.46. The molecule has 0 fully saturated rings. The minimum absolute atomic E-state index is 0.139. The standard InChI is InChI=1S/C16H16N2O2S/c1-11(12-5-3-2-4-6-12)17-16(21)18-13-7-8-14-15(9-13)20-10-19-14/h2-9,11H,10H2,1H3,(H2,17,18,21). The van der Waals surface area contributed by atoms with Gasteiger partial charge in [-0.05, 0) is 36.8 Å². The highest BCUT2D eigenvalue weighted by atomic mass is 32.1. The second-order valence-electron chi connectivity index (χ2n) is 4.80. The number of ether oxygens (including phenoxy) is 2. The maximum atomic E-state index is 5.35. The van der Waals surface area contributed by atoms with Crippen LogP contribution in [0.2, 0.25) is 0 Å². The minimum atomic E-state index is 0.139. The third kappa shape index (κ3) is 3.25. The van der Waals surface area contributed by atoms with Crippen molar-refractivity contribution >= 4 is 23.0 Å². The second kappa shape index (κ2) is 6.01. The van der Waals surface area contributed by atoms with Gasteiger partial charge in [-0.1, -0.05) is 30.3 Å². The van der Waals surface area contributed by atoms with Crippen molar-refractivity contribution in [3.8, 4) is 11.5 Å². The Bertz CT molecular complexity index is 646. The molecule has 0 aliphatic carbocycles. The number of rotatable bonds is 3. The van der Waals surface area contributed by atoms with E-state index in [1.54, 1.807) is 0 Å². The van der Waals surface area contributed by atoms with Gasteiger partial charge >= 0.3 is 0 Å². The van der Waals surface area contributed by atoms with Crippen LogP contribution < -0.4 is 20.1 Å². The molecule has 5 heteroatoms. The number of thiocarbonyl (C=S) groups is 1. The third-order valence-electron chi connectivity index (χ3n) is 3.28. The number of benzene rings is 2. The Morgan fingerprint density at radius 2 is 1.86 bits per heavy atom. The lowest BCUT2D eigenvalue weighted by Crippen LogP contribution is -2.30. The van der Waals surface area contributed by atoms with Crippen LogP contribution in [0.25, 0.3) is 0 Å². The molecule has 2 N–H and O–H groups in total. The van der Waals surface area contributed by atoms with E-state index in [1.165, 1.54) is 5.56 Å². The number of anilines is 1. The van der Waals surface area contributed by atoms with Gasteiger partial charge in [-0.15, -0.1) is 0 Å². The normalized spacial score (nSPS) is 13.6. The highest BCUT2D eigenvalue weighted by Crippen LogP contribution is 2.34. The van der Waals surface area contributed by atoms with E-state index in [-0.39, 0.29) is 12.8 Å². The van der Waals surface area contributed by atoms with E-state index in [2.05, 4.69) is 29.7 Å². The zero-order valence-electron chi connectivity index (χ0n) is 11.6. The molecule has 0 bridgehead atoms. The highest BCUT2D eigenvalue weighted by molar-refractivity contribution is 7.80. The summed E-state index contributed by atoms with van der Waals surface area (Å²) in [7, 11) is 0. The van der Waals surface area contributed by atoms with Gasteiger partial charge in [-0.3, -0.25) is 0 Å². The van der Waals surface area contributed by atoms with Crippen molar-refractivity contribution in [3.63, 3.8) is 0 Å². The monoisotopic (exact) mass is 300 g/mol. The van der Waals surface area contributed by atoms with E-state index in [0.717, 1.165) is 17.2 Å². The van der Waals surface area contributed by atoms with E-state index >= 15 is 0 Å². The van der Waals surface area contributed by atoms with Crippen molar-refractivity contribution in [3.05, 3.63) is 54.1 Å². The summed E-state index contributed by atoms with van der Waals surface area (Å²) in [6.07, 6.45) is 0. The van der Waals surface area contributed by atoms with Gasteiger partial charge in [0.1, 0.15) is 0 Å². The first-order valence-corrected chi connectivity index (χ1v) is 7.15. The summed E-state index contributed by atoms with van der Waals surface area (Å²) < 4.78 is 10.6. The van der Waals surface area contributed by atoms with Crippen molar-refractivity contribution in [2.75, 3.05) is 12.1 Å². The molecule has 1 aliphatic heterocycles. The molecule has 3 rings (SSSR count). The van der Waals surface area contributed by atoms with Gasteiger partial charge in [0.05, 0.1) is 6.04 Å². The average molecular weight is 300 g/mol. The van der Waals surface area contributed by atoms with Crippen molar-refractivity contribution < 1.29 is 9.47 Å². The Hall–Kier alpha value is -2.27. The zero-order valence-corrected chi connectivity index (χ0v) is 12.4. The summed E-state index contributed by atoms with van der Waals surface area (Å²) in [6, 6.07) is 16.0. The van der Waals surface area contributed by atoms with Crippen LogP contribution in [-0.4, -0.2) is 11.9 Å². The first-order valence-electron chi connectivity index (χ1n) is 6.74. The number of hydrogen-bond acceptors (Lipinski definition) is 3. The third-order valence-corrected chi connectivity index (χ3v) is 3.50. The largest absolute Gasteiger partial charge is 0.454 e. The number of fused-ring (bicyclic) bond motifs is 1. The molecule has 2 aromatic rings. The Balaban J connectivity index is 1.61. The van der Waals surface area contributed by atoms with Crippen LogP contribution >= 0.6 is 12.2 Å². The van der Waals surface area contributed by atoms with Crippen molar-refractivity contribution in [1.82, 2.24) is 5.32 Å². The van der Waals surface area contributed by atoms with Crippen LogP contribution in [0.1, 0.15) is 18.5 Å². The van der Waals surface area contributed by atoms with Crippen LogP contribution in [-0.2, 0) is 0 Å². The Morgan fingerprint density at radius 1 is 1.10 bits per heavy atom. The summed E-state index contributed by atoms with van der Waals surface area (Å²) in [4.78, 5) is 0. The predicted molar refractivity (Wildman–Crippen MR) is 86.8 cm³/mol. The maximum Gasteiger partial charge on any atom is 0.231 e. The van der Waals surface area contributed by atoms with Gasteiger partial charge < -0.3 is 20.1 Å². The van der Waals surface area contributed by atoms with Gasteiger partial charge in [0.15, 0.2) is 16.6 Å². The van der Waals surface area contributed by atoms with Crippen molar-refractivity contribution in [1.29, 1.82) is 0 Å². The van der Waals surface area contributed by atoms with Crippen LogP contribution in [0.3, 0.4) is 0 Å². The highest BCUT2D eigenvalue weighted by Gasteiger charge is 2.14. The van der Waals surface area contributed by atoms with E-state index in [9.17, 15) is 0 Å². The molecule has 0 radical (unpaired) electrons. The van der Waals surface area contributed by atoms with Gasteiger partial charge in [-0.25, -0.2) is 0 Å². The SMILES string of the molecule is CC(NC(=S)Nc1ccc2c(c1)OCO2)c1ccccc1. The molecule has 0 aromatic heterocycles. The Morgan fingerprint density at radius 3 is 2.67 bits per heavy atom. The Labute approximate surface area is 129 Å². The lowest BCUT2D eigenvalue weighted by atomic mass is 10.1. The fourth-order valence-electron chi connectivity index (χ4n) is 2.16. The molecule has 2 aromatic carbocycles. The zero-order chi connectivity index (χ0) is 14.7. The Kier molecular flexibility index (Phi) is 3.92. The lowest BCUT2D eigenvalue weighted by Gasteiger charge is -2.17. The lowest BCUT2D eigenvalue weighted by molar-refractivity contribution is 0.174. The van der Waals surface area contributed by atoms with Gasteiger partial charge in [0.25, 0.3) is 0 Å². The molecule has 0 saturated carbocycles. The second-order valence-corrected chi connectivity index (χ2v) is 5.21. The minimum Gasteiger partial charge on any atom is -0.454 e. The summed E-state index contributed by atoms with van der Waals surface area (Å²) in [5.74, 6) is 1.50. The molecular formula is C16H16N2O2S. The summed E-state index contributed by atoms with van der Waals surface area (Å²) in [5, 5.41) is 6.99. The molecule has 4 nitrogen and oxygen atoms in total. The van der Waals surface area contributed by atoms with Crippen molar-refractivity contribution in [2.45, 2.75) is 13.0 Å². The predicted octanol–water partition coefficient (Wildman–Crippen LogP) is 3.46. The molecule has 0 saturated heterocycles. The quantitative estimate of drug-likeness (QED) is 0.850. The van der Waals surface area contributed by atoms with Gasteiger partial charge in [0.2, 0.25) is 6.79 Å². The smallest absolute Gasteiger partial charge is 0.231 e. The fraction of sp³-hybridized carbons (Fsp3) is 0.188. The van der Waals surface area contributed by atoms with E-state index in [4.69, 9.17) is 21.7 Å². The molecule has 0 spiro atoms. The van der Waals surface area contributed by atoms with Crippen LogP contribution in [0.5, 0.6) is 11.5 Å². The van der Waals surface area contributed by atoms with E-state index in [1.807, 2.05) is 36.4 Å². The molecule has 108 valence electrons. The summed E-state index contributed by atoms with van der Waals surface area (Å²) in [6.45, 7) is 2.34. The average Bonchev–Trinajstić information content (AvgIpc) is 2.95. The summed E-state index contributed by atoms with van der Waals surface area (Å²) in [5.41, 5.74) is 2.06. The number of nitrogens with one attached hydrogen (secondary N) is 2. The van der Waals surface area contributed by atoms with Gasteiger partial charge in [0, 0.05) is 11.8 Å². The van der Waals surface area contributed by atoms with E-state index < -0.39 is 0 Å². The molecule has 1 unspecified atom stereocenters. The molecule has 21 heavy (non-hydrogen) atoms. The molecule has 1 heterocycles. The molecule has 0 amide bonds. The van der Waals surface area contributed by atoms with Crippen LogP contribution in [0.4, 0.5) is 5.69 Å². The topological polar surface area (TPSA) is 42.5 Å². The molecule has 1 aliphatic rings. The maximum absolute atomic E-state index is 5.35. The first-order chi connectivity index (χ1) is 10.2. The van der Waals surface area contributed by atoms with Crippen LogP contribution in [0, 0.1) is 0 Å². The molecular weight excluding hydrogens is 284 g/mol. The van der Waals surface area contributed by atoms with E-state index in [0.29, 0.717) is 5.11 Å². The summed E-state index contributed by atoms with van der Waals surface area (Å²) >= 11 is 5.35. The van der Waals surface area contributed by atoms with Crippen LogP contribution in [0.15, 0.2) is 48.5 Å². The molecule has 1 atom stereocenters. The first kappa shape index (κ1) is 13.7. The van der Waals surface area contributed by atoms with Gasteiger partial charge in [-0.2, -0.15) is 0 Å². The van der Waals surface area contributed by atoms with Crippen molar-refractivity contribution in [2.24, 2.45) is 0 Å². The number of hydrogen-bond donors (Lipinski definition) is 2.